The number of aliphatic hydroxyl groups excluding tert-OH is 2. The molecule has 0 aromatic rings. The molecule has 0 amide bonds. The van der Waals surface area contributed by atoms with Crippen LogP contribution in [0, 0.1) is 5.41 Å². The molecular weight excluding hydrogens is 152 g/mol. The van der Waals surface area contributed by atoms with Gasteiger partial charge in [0.15, 0.2) is 0 Å². The van der Waals surface area contributed by atoms with Gasteiger partial charge in [-0.25, -0.2) is 0 Å². The molecule has 0 bridgehead atoms. The summed E-state index contributed by atoms with van der Waals surface area (Å²) in [5.41, 5.74) is 1.38. The summed E-state index contributed by atoms with van der Waals surface area (Å²) in [6, 6.07) is 0. The van der Waals surface area contributed by atoms with E-state index in [0.717, 1.165) is 0 Å². The van der Waals surface area contributed by atoms with E-state index in [0.29, 0.717) is 12.8 Å². The predicted molar refractivity (Wildman–Crippen MR) is 48.8 cm³/mol. The molecular formula is C10H18O2. The largest absolute Gasteiger partial charge is 0.390 e. The van der Waals surface area contributed by atoms with E-state index >= 15 is 0 Å². The van der Waals surface area contributed by atoms with Crippen molar-refractivity contribution in [3.8, 4) is 0 Å². The number of rotatable bonds is 0. The van der Waals surface area contributed by atoms with Gasteiger partial charge in [-0.1, -0.05) is 32.4 Å². The Hall–Kier alpha value is -0.340. The van der Waals surface area contributed by atoms with E-state index < -0.39 is 12.2 Å². The second kappa shape index (κ2) is 3.19. The van der Waals surface area contributed by atoms with E-state index in [1.54, 1.807) is 0 Å². The molecule has 1 aliphatic carbocycles. The first-order valence-electron chi connectivity index (χ1n) is 4.47. The van der Waals surface area contributed by atoms with Crippen molar-refractivity contribution in [2.75, 3.05) is 0 Å². The Balaban J connectivity index is 2.71. The van der Waals surface area contributed by atoms with Crippen LogP contribution in [0.25, 0.3) is 0 Å². The molecule has 0 aliphatic heterocycles. The van der Waals surface area contributed by atoms with Gasteiger partial charge in [-0.05, 0) is 18.3 Å². The van der Waals surface area contributed by atoms with E-state index in [9.17, 15) is 10.2 Å². The summed E-state index contributed by atoms with van der Waals surface area (Å²) in [5.74, 6) is 0. The lowest BCUT2D eigenvalue weighted by atomic mass is 9.79. The fraction of sp³-hybridized carbons (Fsp3) is 0.800. The van der Waals surface area contributed by atoms with Gasteiger partial charge in [0.2, 0.25) is 0 Å². The minimum atomic E-state index is -0.566. The molecule has 0 saturated carbocycles. The minimum Gasteiger partial charge on any atom is -0.390 e. The van der Waals surface area contributed by atoms with Crippen molar-refractivity contribution in [2.24, 2.45) is 5.41 Å². The molecule has 0 fully saturated rings. The molecule has 12 heavy (non-hydrogen) atoms. The average molecular weight is 170 g/mol. The molecule has 0 aromatic carbocycles. The zero-order valence-electron chi connectivity index (χ0n) is 8.04. The maximum atomic E-state index is 9.42. The molecule has 2 heteroatoms. The van der Waals surface area contributed by atoms with Gasteiger partial charge in [0.25, 0.3) is 0 Å². The van der Waals surface area contributed by atoms with Gasteiger partial charge in [0, 0.05) is 0 Å². The maximum absolute atomic E-state index is 9.42. The second-order valence-electron chi connectivity index (χ2n) is 4.55. The van der Waals surface area contributed by atoms with Gasteiger partial charge < -0.3 is 10.2 Å². The van der Waals surface area contributed by atoms with Crippen LogP contribution >= 0.6 is 0 Å². The van der Waals surface area contributed by atoms with Crippen LogP contribution in [0.2, 0.25) is 0 Å². The minimum absolute atomic E-state index is 0.126. The van der Waals surface area contributed by atoms with Crippen molar-refractivity contribution < 1.29 is 10.2 Å². The zero-order chi connectivity index (χ0) is 9.35. The molecule has 0 unspecified atom stereocenters. The fourth-order valence-electron chi connectivity index (χ4n) is 1.48. The van der Waals surface area contributed by atoms with Gasteiger partial charge in [0.05, 0.1) is 12.2 Å². The Kier molecular flexibility index (Phi) is 2.59. The van der Waals surface area contributed by atoms with Crippen LogP contribution in [0.15, 0.2) is 11.6 Å². The smallest absolute Gasteiger partial charge is 0.0839 e. The lowest BCUT2D eigenvalue weighted by Gasteiger charge is -2.31. The summed E-state index contributed by atoms with van der Waals surface area (Å²) in [6.45, 7) is 6.38. The summed E-state index contributed by atoms with van der Waals surface area (Å²) in [7, 11) is 0. The van der Waals surface area contributed by atoms with Crippen LogP contribution in [0.1, 0.15) is 33.6 Å². The highest BCUT2D eigenvalue weighted by molar-refractivity contribution is 5.16. The summed E-state index contributed by atoms with van der Waals surface area (Å²) in [4.78, 5) is 0. The predicted octanol–water partition coefficient (Wildman–Crippen LogP) is 1.47. The van der Waals surface area contributed by atoms with Crippen LogP contribution in [-0.2, 0) is 0 Å². The van der Waals surface area contributed by atoms with Crippen LogP contribution in [0.3, 0.4) is 0 Å². The molecule has 1 rings (SSSR count). The van der Waals surface area contributed by atoms with Gasteiger partial charge >= 0.3 is 0 Å². The Labute approximate surface area is 73.9 Å². The van der Waals surface area contributed by atoms with Crippen molar-refractivity contribution in [2.45, 2.75) is 45.8 Å². The SMILES string of the molecule is CC(C)(C)C1=CC[C@H](O)[C@@H](O)C1. The summed E-state index contributed by atoms with van der Waals surface area (Å²) in [5, 5.41) is 18.7. The van der Waals surface area contributed by atoms with Crippen LogP contribution < -0.4 is 0 Å². The first-order valence-corrected chi connectivity index (χ1v) is 4.47. The molecule has 2 atom stereocenters. The first kappa shape index (κ1) is 9.75. The third-order valence-corrected chi connectivity index (χ3v) is 2.44. The lowest BCUT2D eigenvalue weighted by Crippen LogP contribution is -2.31. The van der Waals surface area contributed by atoms with Gasteiger partial charge in [-0.2, -0.15) is 0 Å². The molecule has 1 aliphatic rings. The molecule has 0 radical (unpaired) electrons. The van der Waals surface area contributed by atoms with E-state index in [1.807, 2.05) is 0 Å². The second-order valence-corrected chi connectivity index (χ2v) is 4.55. The zero-order valence-corrected chi connectivity index (χ0v) is 8.04. The topological polar surface area (TPSA) is 40.5 Å². The van der Waals surface area contributed by atoms with Crippen LogP contribution in [0.4, 0.5) is 0 Å². The molecule has 70 valence electrons. The third kappa shape index (κ3) is 2.08. The van der Waals surface area contributed by atoms with Crippen molar-refractivity contribution in [3.63, 3.8) is 0 Å². The van der Waals surface area contributed by atoms with E-state index in [2.05, 4.69) is 26.8 Å². The number of hydrogen-bond acceptors (Lipinski definition) is 2. The Morgan fingerprint density at radius 1 is 1.25 bits per heavy atom. The van der Waals surface area contributed by atoms with E-state index in [-0.39, 0.29) is 5.41 Å². The van der Waals surface area contributed by atoms with Crippen molar-refractivity contribution >= 4 is 0 Å². The average Bonchev–Trinajstić information content (AvgIpc) is 1.92. The van der Waals surface area contributed by atoms with Crippen molar-refractivity contribution in [1.29, 1.82) is 0 Å². The fourth-order valence-corrected chi connectivity index (χ4v) is 1.48. The first-order chi connectivity index (χ1) is 5.41. The third-order valence-electron chi connectivity index (χ3n) is 2.44. The summed E-state index contributed by atoms with van der Waals surface area (Å²) in [6.07, 6.45) is 2.14. The standard InChI is InChI=1S/C10H18O2/c1-10(2,3)7-4-5-8(11)9(12)6-7/h4,8-9,11-12H,5-6H2,1-3H3/t8-,9-/m0/s1. The van der Waals surface area contributed by atoms with Gasteiger partial charge in [-0.3, -0.25) is 0 Å². The highest BCUT2D eigenvalue weighted by atomic mass is 16.3. The molecule has 2 nitrogen and oxygen atoms in total. The molecule has 0 saturated heterocycles. The van der Waals surface area contributed by atoms with Crippen molar-refractivity contribution in [3.05, 3.63) is 11.6 Å². The Morgan fingerprint density at radius 3 is 2.25 bits per heavy atom. The molecule has 0 spiro atoms. The monoisotopic (exact) mass is 170 g/mol. The molecule has 0 aromatic heterocycles. The van der Waals surface area contributed by atoms with Crippen LogP contribution in [0.5, 0.6) is 0 Å². The highest BCUT2D eigenvalue weighted by Crippen LogP contribution is 2.33. The van der Waals surface area contributed by atoms with Crippen LogP contribution in [-0.4, -0.2) is 22.4 Å². The van der Waals surface area contributed by atoms with Gasteiger partial charge in [-0.15, -0.1) is 0 Å². The van der Waals surface area contributed by atoms with Crippen molar-refractivity contribution in [1.82, 2.24) is 0 Å². The normalized spacial score (nSPS) is 31.6. The summed E-state index contributed by atoms with van der Waals surface area (Å²) >= 11 is 0. The van der Waals surface area contributed by atoms with E-state index in [4.69, 9.17) is 0 Å². The Bertz CT molecular complexity index is 189. The Morgan fingerprint density at radius 2 is 1.83 bits per heavy atom. The maximum Gasteiger partial charge on any atom is 0.0839 e. The number of hydrogen-bond donors (Lipinski definition) is 2. The molecule has 0 heterocycles. The van der Waals surface area contributed by atoms with Gasteiger partial charge in [0.1, 0.15) is 0 Å². The summed E-state index contributed by atoms with van der Waals surface area (Å²) < 4.78 is 0. The quantitative estimate of drug-likeness (QED) is 0.540. The highest BCUT2D eigenvalue weighted by Gasteiger charge is 2.27. The number of aliphatic hydroxyl groups is 2. The van der Waals surface area contributed by atoms with E-state index in [1.165, 1.54) is 5.57 Å². The molecule has 2 N–H and O–H groups in total. The lowest BCUT2D eigenvalue weighted by molar-refractivity contribution is 0.0135.